The van der Waals surface area contributed by atoms with Crippen LogP contribution in [0.25, 0.3) is 55.3 Å². The van der Waals surface area contributed by atoms with Crippen molar-refractivity contribution in [3.63, 3.8) is 0 Å². The standard InChI is InChI=1S/C74H53N2O4S/c1-5-47-23-35-55(36-24-47)79-57-43-31-51(32-44-57)74(52-33-45-58(46-34-52)80-56-37-25-48(6-2)26-38-56)64-20-12-10-16-60(64)68-62(18-14-22-66(68)74)72-70(76)69(75)71(81-72)61-17-13-21-65-67(61)59-15-9-11-19-63(59)73(65,49-27-39-53(40-28-49)77-7-3)50-29-41-54(42-30-50)78-8-4/h5-7,9-46H,1-4,75-76H2/q+1. The molecule has 4 N–H and O–H groups in total. The molecule has 388 valence electrons. The summed E-state index contributed by atoms with van der Waals surface area (Å²) in [5.74, 6) is 4.26. The van der Waals surface area contributed by atoms with Crippen LogP contribution in [0.5, 0.6) is 34.5 Å². The van der Waals surface area contributed by atoms with Crippen LogP contribution in [0.4, 0.5) is 11.4 Å². The van der Waals surface area contributed by atoms with Crippen LogP contribution in [0.15, 0.2) is 263 Å². The summed E-state index contributed by atoms with van der Waals surface area (Å²) in [6.07, 6.45) is 7.66. The second kappa shape index (κ2) is 20.4. The maximum absolute atomic E-state index is 7.43. The summed E-state index contributed by atoms with van der Waals surface area (Å²) in [6.45, 7) is 15.3. The van der Waals surface area contributed by atoms with Gasteiger partial charge in [0, 0.05) is 11.1 Å². The quantitative estimate of drug-likeness (QED) is 0.0740. The van der Waals surface area contributed by atoms with Crippen LogP contribution < -0.4 is 30.4 Å². The fourth-order valence-corrected chi connectivity index (χ4v) is 13.6. The van der Waals surface area contributed by atoms with Crippen LogP contribution in [-0.2, 0) is 10.8 Å². The van der Waals surface area contributed by atoms with Gasteiger partial charge in [0.05, 0.1) is 56.9 Å². The number of hydrogen-bond acceptors (Lipinski definition) is 7. The third kappa shape index (κ3) is 8.14. The van der Waals surface area contributed by atoms with Crippen molar-refractivity contribution in [2.24, 2.45) is 0 Å². The van der Waals surface area contributed by atoms with Crippen molar-refractivity contribution < 1.29 is 18.9 Å². The van der Waals surface area contributed by atoms with Gasteiger partial charge in [-0.05, 0) is 151 Å². The van der Waals surface area contributed by atoms with Crippen LogP contribution >= 0.6 is 11.3 Å². The molecule has 0 spiro atoms. The highest BCUT2D eigenvalue weighted by atomic mass is 32.1. The van der Waals surface area contributed by atoms with Gasteiger partial charge in [-0.2, -0.15) is 0 Å². The van der Waals surface area contributed by atoms with E-state index in [1.165, 1.54) is 6.26 Å². The fraction of sp³-hybridized carbons (Fsp3) is 0.0270. The number of ether oxygens (including phenoxy) is 4. The molecule has 2 aliphatic carbocycles. The van der Waals surface area contributed by atoms with E-state index in [1.807, 2.05) is 84.9 Å². The van der Waals surface area contributed by atoms with Crippen molar-refractivity contribution in [2.75, 3.05) is 11.5 Å². The van der Waals surface area contributed by atoms with Gasteiger partial charge in [-0.1, -0.05) is 177 Å². The molecule has 2 aliphatic rings. The number of thiophene rings is 1. The zero-order chi connectivity index (χ0) is 55.2. The van der Waals surface area contributed by atoms with Gasteiger partial charge < -0.3 is 25.7 Å². The molecule has 13 rings (SSSR count). The fourth-order valence-electron chi connectivity index (χ4n) is 12.4. The Labute approximate surface area is 476 Å². The molecule has 1 unspecified atom stereocenters. The van der Waals surface area contributed by atoms with E-state index in [1.54, 1.807) is 11.3 Å². The molecule has 1 aromatic heterocycles. The van der Waals surface area contributed by atoms with E-state index >= 15 is 0 Å². The Hall–Kier alpha value is -10.4. The molecule has 0 bridgehead atoms. The highest BCUT2D eigenvalue weighted by molar-refractivity contribution is 7.20. The molecule has 0 saturated carbocycles. The molecule has 7 heteroatoms. The Morgan fingerprint density at radius 3 is 1.07 bits per heavy atom. The number of nitrogens with two attached hydrogens (primary N) is 2. The number of fused-ring (bicyclic) bond motifs is 6. The summed E-state index contributed by atoms with van der Waals surface area (Å²) in [5.41, 5.74) is 31.6. The zero-order valence-electron chi connectivity index (χ0n) is 44.2. The molecular weight excluding hydrogens is 1010 g/mol. The number of hydrogen-bond donors (Lipinski definition) is 2. The minimum atomic E-state index is -0.784. The van der Waals surface area contributed by atoms with Crippen LogP contribution in [-0.4, -0.2) is 0 Å². The molecule has 0 fully saturated rings. The van der Waals surface area contributed by atoms with E-state index in [0.717, 1.165) is 122 Å². The van der Waals surface area contributed by atoms with Gasteiger partial charge in [-0.25, -0.2) is 4.74 Å². The largest absolute Gasteiger partial charge is 0.466 e. The third-order valence-corrected chi connectivity index (χ3v) is 17.2. The van der Waals surface area contributed by atoms with Gasteiger partial charge in [-0.3, -0.25) is 0 Å². The molecule has 11 aromatic rings. The monoisotopic (exact) mass is 1070 g/mol. The van der Waals surface area contributed by atoms with Crippen molar-refractivity contribution >= 4 is 34.9 Å². The van der Waals surface area contributed by atoms with Crippen molar-refractivity contribution in [2.45, 2.75) is 10.8 Å². The SMILES string of the molecule is C=[C+]Oc1ccc(C2(c3ccc(OC=C)cc3)c3ccccc3-c3c(-c4sc(-c5cccc6c5-c5ccccc5C6(c5ccc(Oc6ccc(C=C)cc6)cc5)c5ccc(Oc6ccc(C=C)cc6)cc5)c(N)c4N)cccc32)cc1. The van der Waals surface area contributed by atoms with E-state index in [-0.39, 0.29) is 0 Å². The summed E-state index contributed by atoms with van der Waals surface area (Å²) in [4.78, 5) is 1.79. The van der Waals surface area contributed by atoms with Crippen LogP contribution in [0.3, 0.4) is 0 Å². The predicted octanol–water partition coefficient (Wildman–Crippen LogP) is 18.7. The Kier molecular flexibility index (Phi) is 12.6. The molecule has 1 atom stereocenters. The topological polar surface area (TPSA) is 89.0 Å². The summed E-state index contributed by atoms with van der Waals surface area (Å²) >= 11 is 1.63. The maximum Gasteiger partial charge on any atom is 0.296 e. The summed E-state index contributed by atoms with van der Waals surface area (Å²) < 4.78 is 24.2. The lowest BCUT2D eigenvalue weighted by molar-refractivity contribution is 0.455. The van der Waals surface area contributed by atoms with Gasteiger partial charge in [-0.15, -0.1) is 11.3 Å². The van der Waals surface area contributed by atoms with Gasteiger partial charge in [0.2, 0.25) is 0 Å². The van der Waals surface area contributed by atoms with Crippen molar-refractivity contribution in [3.8, 4) is 77.6 Å². The van der Waals surface area contributed by atoms with Gasteiger partial charge in [0.15, 0.2) is 0 Å². The Morgan fingerprint density at radius 2 is 0.704 bits per heavy atom. The van der Waals surface area contributed by atoms with Crippen LogP contribution in [0.2, 0.25) is 0 Å². The van der Waals surface area contributed by atoms with E-state index in [2.05, 4.69) is 190 Å². The van der Waals surface area contributed by atoms with Gasteiger partial charge in [0.25, 0.3) is 12.0 Å². The molecule has 0 amide bonds. The summed E-state index contributed by atoms with van der Waals surface area (Å²) in [7, 11) is 0. The van der Waals surface area contributed by atoms with Crippen LogP contribution in [0, 0.1) is 6.26 Å². The van der Waals surface area contributed by atoms with Gasteiger partial charge >= 0.3 is 0 Å². The highest BCUT2D eigenvalue weighted by Gasteiger charge is 2.49. The Bertz CT molecular complexity index is 4080. The first-order chi connectivity index (χ1) is 39.8. The third-order valence-electron chi connectivity index (χ3n) is 15.9. The van der Waals surface area contributed by atoms with E-state index in [0.29, 0.717) is 22.9 Å². The first-order valence-electron chi connectivity index (χ1n) is 26.6. The van der Waals surface area contributed by atoms with Crippen molar-refractivity contribution in [3.05, 3.63) is 325 Å². The second-order valence-electron chi connectivity index (χ2n) is 20.0. The molecule has 0 saturated heterocycles. The first-order valence-corrected chi connectivity index (χ1v) is 27.4. The van der Waals surface area contributed by atoms with Gasteiger partial charge in [0.1, 0.15) is 28.7 Å². The van der Waals surface area contributed by atoms with E-state index in [9.17, 15) is 0 Å². The Balaban J connectivity index is 0.978. The van der Waals surface area contributed by atoms with Crippen molar-refractivity contribution in [1.82, 2.24) is 0 Å². The summed E-state index contributed by atoms with van der Waals surface area (Å²) in [5, 5.41) is 0. The lowest BCUT2D eigenvalue weighted by atomic mass is 9.67. The lowest BCUT2D eigenvalue weighted by Crippen LogP contribution is -2.28. The minimum absolute atomic E-state index is 0.533. The molecule has 10 aromatic carbocycles. The average molecular weight is 1070 g/mol. The average Bonchev–Trinajstić information content (AvgIpc) is 3.34. The number of benzene rings is 10. The molecule has 6 nitrogen and oxygen atoms in total. The smallest absolute Gasteiger partial charge is 0.296 e. The molecule has 0 aliphatic heterocycles. The first kappa shape index (κ1) is 50.1. The maximum atomic E-state index is 7.43. The number of nitrogen functional groups attached to an aromatic ring is 2. The summed E-state index contributed by atoms with van der Waals surface area (Å²) in [6, 6.07) is 79.8. The molecule has 1 heterocycles. The van der Waals surface area contributed by atoms with E-state index < -0.39 is 10.8 Å². The number of rotatable bonds is 16. The second-order valence-corrected chi connectivity index (χ2v) is 21.0. The Morgan fingerprint density at radius 1 is 0.370 bits per heavy atom. The van der Waals surface area contributed by atoms with Crippen LogP contribution in [0.1, 0.15) is 55.6 Å². The molecule has 81 heavy (non-hydrogen) atoms. The number of anilines is 2. The molecular formula is C74H53N2O4S+. The minimum Gasteiger partial charge on any atom is -0.466 e. The van der Waals surface area contributed by atoms with E-state index in [4.69, 9.17) is 30.4 Å². The lowest BCUT2D eigenvalue weighted by Gasteiger charge is -2.34. The zero-order valence-corrected chi connectivity index (χ0v) is 45.0. The normalized spacial score (nSPS) is 14.1. The highest BCUT2D eigenvalue weighted by Crippen LogP contribution is 2.63. The van der Waals surface area contributed by atoms with Crippen molar-refractivity contribution in [1.29, 1.82) is 0 Å². The predicted molar refractivity (Wildman–Crippen MR) is 332 cm³/mol. The molecule has 0 radical (unpaired) electrons.